The highest BCUT2D eigenvalue weighted by atomic mass is 35.5. The first-order chi connectivity index (χ1) is 12.0. The van der Waals surface area contributed by atoms with E-state index in [2.05, 4.69) is 11.8 Å². The molecule has 0 aromatic heterocycles. The van der Waals surface area contributed by atoms with E-state index in [1.54, 1.807) is 0 Å². The van der Waals surface area contributed by atoms with Crippen molar-refractivity contribution in [2.24, 2.45) is 0 Å². The van der Waals surface area contributed by atoms with Gasteiger partial charge in [0.05, 0.1) is 10.7 Å². The number of halogens is 1. The van der Waals surface area contributed by atoms with E-state index < -0.39 is 0 Å². The summed E-state index contributed by atoms with van der Waals surface area (Å²) >= 11 is 6.26. The van der Waals surface area contributed by atoms with Gasteiger partial charge in [-0.2, -0.15) is 0 Å². The lowest BCUT2D eigenvalue weighted by Crippen LogP contribution is -2.50. The average molecular weight is 359 g/mol. The summed E-state index contributed by atoms with van der Waals surface area (Å²) in [6.45, 7) is 7.09. The third-order valence-electron chi connectivity index (χ3n) is 4.67. The molecule has 3 rings (SSSR count). The highest BCUT2D eigenvalue weighted by Gasteiger charge is 2.22. The molecule has 0 atom stereocenters. The second kappa shape index (κ2) is 7.79. The van der Waals surface area contributed by atoms with Crippen molar-refractivity contribution in [2.45, 2.75) is 13.8 Å². The molecule has 0 spiro atoms. The van der Waals surface area contributed by atoms with Crippen LogP contribution in [0.1, 0.15) is 11.1 Å². The van der Waals surface area contributed by atoms with Crippen molar-refractivity contribution in [3.63, 3.8) is 0 Å². The Bertz CT molecular complexity index is 755. The van der Waals surface area contributed by atoms with Gasteiger partial charge in [-0.1, -0.05) is 29.8 Å². The molecule has 25 heavy (non-hydrogen) atoms. The maximum Gasteiger partial charge on any atom is 0.260 e. The van der Waals surface area contributed by atoms with E-state index in [0.29, 0.717) is 13.1 Å². The zero-order valence-electron chi connectivity index (χ0n) is 14.7. The van der Waals surface area contributed by atoms with Gasteiger partial charge in [0.2, 0.25) is 0 Å². The first-order valence-electron chi connectivity index (χ1n) is 8.52. The summed E-state index contributed by atoms with van der Waals surface area (Å²) in [5.74, 6) is 0.767. The Morgan fingerprint density at radius 3 is 2.44 bits per heavy atom. The number of carbonyl (C=O) groups excluding carboxylic acids is 1. The predicted octanol–water partition coefficient (Wildman–Crippen LogP) is 3.68. The Morgan fingerprint density at radius 2 is 1.76 bits per heavy atom. The van der Waals surface area contributed by atoms with Crippen molar-refractivity contribution in [3.8, 4) is 5.75 Å². The van der Waals surface area contributed by atoms with E-state index in [4.69, 9.17) is 16.3 Å². The lowest BCUT2D eigenvalue weighted by molar-refractivity contribution is -0.133. The van der Waals surface area contributed by atoms with Crippen LogP contribution in [0.4, 0.5) is 5.69 Å². The first-order valence-corrected chi connectivity index (χ1v) is 8.89. The van der Waals surface area contributed by atoms with E-state index in [-0.39, 0.29) is 12.5 Å². The minimum Gasteiger partial charge on any atom is -0.484 e. The molecule has 2 aromatic carbocycles. The molecule has 0 N–H and O–H groups in total. The van der Waals surface area contributed by atoms with Crippen LogP contribution in [0.2, 0.25) is 5.02 Å². The molecule has 1 amide bonds. The van der Waals surface area contributed by atoms with E-state index in [1.165, 1.54) is 11.1 Å². The molecular formula is C20H23ClN2O2. The van der Waals surface area contributed by atoms with Gasteiger partial charge in [0.1, 0.15) is 5.75 Å². The molecule has 1 saturated heterocycles. The SMILES string of the molecule is Cc1ccc(OCC(=O)N2CCN(c3ccccc3Cl)CC2)cc1C. The largest absolute Gasteiger partial charge is 0.484 e. The van der Waals surface area contributed by atoms with Crippen LogP contribution >= 0.6 is 11.6 Å². The fourth-order valence-electron chi connectivity index (χ4n) is 2.94. The molecule has 132 valence electrons. The molecule has 0 aliphatic carbocycles. The minimum atomic E-state index is 0.0250. The molecular weight excluding hydrogens is 336 g/mol. The number of amides is 1. The average Bonchev–Trinajstić information content (AvgIpc) is 2.63. The number of aryl methyl sites for hydroxylation is 2. The summed E-state index contributed by atoms with van der Waals surface area (Å²) in [7, 11) is 0. The van der Waals surface area contributed by atoms with Gasteiger partial charge in [-0.15, -0.1) is 0 Å². The number of hydrogen-bond donors (Lipinski definition) is 0. The van der Waals surface area contributed by atoms with Crippen LogP contribution < -0.4 is 9.64 Å². The number of benzene rings is 2. The normalized spacial score (nSPS) is 14.5. The monoisotopic (exact) mass is 358 g/mol. The number of rotatable bonds is 4. The molecule has 1 fully saturated rings. The summed E-state index contributed by atoms with van der Waals surface area (Å²) < 4.78 is 5.66. The molecule has 0 bridgehead atoms. The maximum atomic E-state index is 12.4. The van der Waals surface area contributed by atoms with Crippen LogP contribution in [0.5, 0.6) is 5.75 Å². The van der Waals surface area contributed by atoms with Gasteiger partial charge in [-0.3, -0.25) is 4.79 Å². The fraction of sp³-hybridized carbons (Fsp3) is 0.350. The zero-order valence-corrected chi connectivity index (χ0v) is 15.4. The van der Waals surface area contributed by atoms with Crippen molar-refractivity contribution in [3.05, 3.63) is 58.6 Å². The number of ether oxygens (including phenoxy) is 1. The Balaban J connectivity index is 1.51. The molecule has 0 saturated carbocycles. The van der Waals surface area contributed by atoms with Crippen LogP contribution in [0.3, 0.4) is 0 Å². The Kier molecular flexibility index (Phi) is 5.49. The molecule has 1 aliphatic heterocycles. The Labute approximate surface area is 154 Å². The number of piperazine rings is 1. The highest BCUT2D eigenvalue weighted by molar-refractivity contribution is 6.33. The number of anilines is 1. The quantitative estimate of drug-likeness (QED) is 0.835. The van der Waals surface area contributed by atoms with Crippen molar-refractivity contribution >= 4 is 23.2 Å². The van der Waals surface area contributed by atoms with Crippen LogP contribution in [-0.4, -0.2) is 43.6 Å². The highest BCUT2D eigenvalue weighted by Crippen LogP contribution is 2.26. The van der Waals surface area contributed by atoms with E-state index in [9.17, 15) is 4.79 Å². The van der Waals surface area contributed by atoms with Crippen LogP contribution in [0.25, 0.3) is 0 Å². The standard InChI is InChI=1S/C20H23ClN2O2/c1-15-7-8-17(13-16(15)2)25-14-20(24)23-11-9-22(10-12-23)19-6-4-3-5-18(19)21/h3-8,13H,9-12,14H2,1-2H3. The summed E-state index contributed by atoms with van der Waals surface area (Å²) in [5.41, 5.74) is 3.41. The summed E-state index contributed by atoms with van der Waals surface area (Å²) in [5, 5.41) is 0.750. The molecule has 4 nitrogen and oxygen atoms in total. The van der Waals surface area contributed by atoms with Gasteiger partial charge < -0.3 is 14.5 Å². The minimum absolute atomic E-state index is 0.0250. The Morgan fingerprint density at radius 1 is 1.04 bits per heavy atom. The summed E-state index contributed by atoms with van der Waals surface area (Å²) in [4.78, 5) is 16.5. The van der Waals surface area contributed by atoms with Gasteiger partial charge >= 0.3 is 0 Å². The molecule has 5 heteroatoms. The molecule has 0 unspecified atom stereocenters. The lowest BCUT2D eigenvalue weighted by Gasteiger charge is -2.36. The van der Waals surface area contributed by atoms with Crippen molar-refractivity contribution in [2.75, 3.05) is 37.7 Å². The third-order valence-corrected chi connectivity index (χ3v) is 4.99. The molecule has 1 aliphatic rings. The zero-order chi connectivity index (χ0) is 17.8. The van der Waals surface area contributed by atoms with Gasteiger partial charge in [0.25, 0.3) is 5.91 Å². The van der Waals surface area contributed by atoms with E-state index in [1.807, 2.05) is 54.3 Å². The predicted molar refractivity (Wildman–Crippen MR) is 102 cm³/mol. The number of hydrogen-bond acceptors (Lipinski definition) is 3. The molecule has 1 heterocycles. The van der Waals surface area contributed by atoms with E-state index >= 15 is 0 Å². The number of nitrogens with zero attached hydrogens (tertiary/aromatic N) is 2. The topological polar surface area (TPSA) is 32.8 Å². The van der Waals surface area contributed by atoms with Gasteiger partial charge in [-0.05, 0) is 49.2 Å². The molecule has 0 radical (unpaired) electrons. The van der Waals surface area contributed by atoms with Gasteiger partial charge in [0, 0.05) is 26.2 Å². The van der Waals surface area contributed by atoms with Crippen LogP contribution in [0, 0.1) is 13.8 Å². The smallest absolute Gasteiger partial charge is 0.260 e. The third kappa shape index (κ3) is 4.26. The fourth-order valence-corrected chi connectivity index (χ4v) is 3.20. The van der Waals surface area contributed by atoms with Crippen molar-refractivity contribution in [1.29, 1.82) is 0 Å². The summed E-state index contributed by atoms with van der Waals surface area (Å²) in [6.07, 6.45) is 0. The van der Waals surface area contributed by atoms with Crippen molar-refractivity contribution in [1.82, 2.24) is 4.90 Å². The molecule has 2 aromatic rings. The van der Waals surface area contributed by atoms with Gasteiger partial charge in [0.15, 0.2) is 6.61 Å². The van der Waals surface area contributed by atoms with E-state index in [0.717, 1.165) is 29.5 Å². The van der Waals surface area contributed by atoms with Crippen LogP contribution in [-0.2, 0) is 4.79 Å². The van der Waals surface area contributed by atoms with Gasteiger partial charge in [-0.25, -0.2) is 0 Å². The maximum absolute atomic E-state index is 12.4. The Hall–Kier alpha value is -2.20. The lowest BCUT2D eigenvalue weighted by atomic mass is 10.1. The number of carbonyl (C=O) groups is 1. The second-order valence-corrected chi connectivity index (χ2v) is 6.76. The van der Waals surface area contributed by atoms with Crippen LogP contribution in [0.15, 0.2) is 42.5 Å². The second-order valence-electron chi connectivity index (χ2n) is 6.35. The number of para-hydroxylation sites is 1. The first kappa shape index (κ1) is 17.6. The summed E-state index contributed by atoms with van der Waals surface area (Å²) in [6, 6.07) is 13.7. The van der Waals surface area contributed by atoms with Crippen molar-refractivity contribution < 1.29 is 9.53 Å².